The molecular formula is C21H18N2O4. The van der Waals surface area contributed by atoms with Gasteiger partial charge in [-0.2, -0.15) is 0 Å². The molecule has 0 bridgehead atoms. The summed E-state index contributed by atoms with van der Waals surface area (Å²) in [6, 6.07) is 19.6. The minimum absolute atomic E-state index is 0.0170. The van der Waals surface area contributed by atoms with Crippen molar-refractivity contribution in [1.29, 1.82) is 0 Å². The van der Waals surface area contributed by atoms with Crippen LogP contribution in [0.15, 0.2) is 66.7 Å². The van der Waals surface area contributed by atoms with E-state index in [2.05, 4.69) is 0 Å². The van der Waals surface area contributed by atoms with Crippen molar-refractivity contribution < 1.29 is 14.5 Å². The van der Waals surface area contributed by atoms with Crippen LogP contribution in [0.4, 0.5) is 5.69 Å². The van der Waals surface area contributed by atoms with Gasteiger partial charge in [-0.1, -0.05) is 42.5 Å². The van der Waals surface area contributed by atoms with Crippen LogP contribution in [0.5, 0.6) is 5.75 Å². The molecule has 0 aliphatic heterocycles. The zero-order chi connectivity index (χ0) is 19.4. The molecular weight excluding hydrogens is 344 g/mol. The lowest BCUT2D eigenvalue weighted by Crippen LogP contribution is -2.13. The van der Waals surface area contributed by atoms with Gasteiger partial charge >= 0.3 is 0 Å². The Labute approximate surface area is 156 Å². The number of methoxy groups -OCH3 is 1. The zero-order valence-electron chi connectivity index (χ0n) is 14.7. The molecule has 3 rings (SSSR count). The molecule has 0 aromatic heterocycles. The molecule has 0 atom stereocenters. The third-order valence-corrected chi connectivity index (χ3v) is 4.21. The summed E-state index contributed by atoms with van der Waals surface area (Å²) in [7, 11) is 1.56. The molecule has 1 amide bonds. The van der Waals surface area contributed by atoms with Crippen molar-refractivity contribution in [2.24, 2.45) is 5.73 Å². The molecule has 6 heteroatoms. The van der Waals surface area contributed by atoms with E-state index in [0.29, 0.717) is 11.3 Å². The number of primary amides is 1. The van der Waals surface area contributed by atoms with Gasteiger partial charge in [-0.3, -0.25) is 14.9 Å². The third-order valence-electron chi connectivity index (χ3n) is 4.21. The summed E-state index contributed by atoms with van der Waals surface area (Å²) in [6.45, 7) is 0. The van der Waals surface area contributed by atoms with Crippen LogP contribution in [0.25, 0.3) is 22.3 Å². The van der Waals surface area contributed by atoms with Crippen molar-refractivity contribution in [3.63, 3.8) is 0 Å². The summed E-state index contributed by atoms with van der Waals surface area (Å²) in [5.41, 5.74) is 9.39. The van der Waals surface area contributed by atoms with Crippen LogP contribution in [0, 0.1) is 10.1 Å². The summed E-state index contributed by atoms with van der Waals surface area (Å²) < 4.78 is 5.44. The minimum atomic E-state index is -0.423. The molecule has 0 fully saturated rings. The second-order valence-corrected chi connectivity index (χ2v) is 6.07. The van der Waals surface area contributed by atoms with Crippen LogP contribution >= 0.6 is 0 Å². The Morgan fingerprint density at radius 1 is 1.00 bits per heavy atom. The number of nitro groups is 1. The molecule has 0 radical (unpaired) electrons. The SMILES string of the molecule is COc1ccc(-c2cccc(CC(N)=O)c2)cc1-c1cccc([N+](=O)[O-])c1. The van der Waals surface area contributed by atoms with Crippen LogP contribution < -0.4 is 10.5 Å². The Morgan fingerprint density at radius 2 is 1.70 bits per heavy atom. The van der Waals surface area contributed by atoms with Gasteiger partial charge in [0.05, 0.1) is 18.5 Å². The van der Waals surface area contributed by atoms with Gasteiger partial charge < -0.3 is 10.5 Å². The normalized spacial score (nSPS) is 10.4. The van der Waals surface area contributed by atoms with E-state index in [1.165, 1.54) is 12.1 Å². The van der Waals surface area contributed by atoms with Crippen molar-refractivity contribution in [2.75, 3.05) is 7.11 Å². The van der Waals surface area contributed by atoms with Gasteiger partial charge in [0.15, 0.2) is 0 Å². The number of nitrogens with zero attached hydrogens (tertiary/aromatic N) is 1. The lowest BCUT2D eigenvalue weighted by Gasteiger charge is -2.12. The molecule has 3 aromatic carbocycles. The average molecular weight is 362 g/mol. The number of non-ortho nitro benzene ring substituents is 1. The number of ether oxygens (including phenoxy) is 1. The van der Waals surface area contributed by atoms with E-state index >= 15 is 0 Å². The van der Waals surface area contributed by atoms with Gasteiger partial charge in [0.25, 0.3) is 5.69 Å². The zero-order valence-corrected chi connectivity index (χ0v) is 14.7. The Balaban J connectivity index is 2.08. The van der Waals surface area contributed by atoms with Crippen LogP contribution in [-0.2, 0) is 11.2 Å². The fourth-order valence-corrected chi connectivity index (χ4v) is 2.96. The van der Waals surface area contributed by atoms with Crippen LogP contribution in [0.2, 0.25) is 0 Å². The van der Waals surface area contributed by atoms with Crippen LogP contribution in [-0.4, -0.2) is 17.9 Å². The smallest absolute Gasteiger partial charge is 0.270 e. The van der Waals surface area contributed by atoms with Crippen LogP contribution in [0.1, 0.15) is 5.56 Å². The second-order valence-electron chi connectivity index (χ2n) is 6.07. The molecule has 0 saturated heterocycles. The summed E-state index contributed by atoms with van der Waals surface area (Å²) in [6.07, 6.45) is 0.168. The molecule has 0 unspecified atom stereocenters. The molecule has 0 spiro atoms. The number of nitro benzene ring substituents is 1. The Kier molecular flexibility index (Phi) is 5.17. The second kappa shape index (κ2) is 7.70. The molecule has 0 aliphatic carbocycles. The standard InChI is InChI=1S/C21H18N2O4/c1-27-20-9-8-16(15-5-2-4-14(10-15)11-21(22)24)13-19(20)17-6-3-7-18(12-17)23(25)26/h2-10,12-13H,11H2,1H3,(H2,22,24). The van der Waals surface area contributed by atoms with E-state index in [0.717, 1.165) is 22.3 Å². The highest BCUT2D eigenvalue weighted by Crippen LogP contribution is 2.35. The first-order chi connectivity index (χ1) is 13.0. The molecule has 136 valence electrons. The summed E-state index contributed by atoms with van der Waals surface area (Å²) in [5.74, 6) is 0.228. The topological polar surface area (TPSA) is 95.5 Å². The summed E-state index contributed by atoms with van der Waals surface area (Å²) in [5, 5.41) is 11.1. The third kappa shape index (κ3) is 4.12. The van der Waals surface area contributed by atoms with E-state index in [-0.39, 0.29) is 18.0 Å². The van der Waals surface area contributed by atoms with Crippen molar-refractivity contribution in [1.82, 2.24) is 0 Å². The molecule has 27 heavy (non-hydrogen) atoms. The largest absolute Gasteiger partial charge is 0.496 e. The maximum atomic E-state index is 11.2. The van der Waals surface area contributed by atoms with Gasteiger partial charge in [0.2, 0.25) is 5.91 Å². The highest BCUT2D eigenvalue weighted by molar-refractivity contribution is 5.80. The average Bonchev–Trinajstić information content (AvgIpc) is 2.67. The highest BCUT2D eigenvalue weighted by Gasteiger charge is 2.12. The molecule has 0 heterocycles. The van der Waals surface area contributed by atoms with Gasteiger partial charge in [-0.15, -0.1) is 0 Å². The van der Waals surface area contributed by atoms with Crippen molar-refractivity contribution in [3.8, 4) is 28.0 Å². The van der Waals surface area contributed by atoms with E-state index < -0.39 is 4.92 Å². The quantitative estimate of drug-likeness (QED) is 0.530. The Hall–Kier alpha value is -3.67. The molecule has 0 saturated carbocycles. The number of nitrogens with two attached hydrogens (primary N) is 1. The molecule has 3 aromatic rings. The predicted octanol–water partition coefficient (Wildman–Crippen LogP) is 3.97. The molecule has 2 N–H and O–H groups in total. The first kappa shape index (κ1) is 18.1. The first-order valence-corrected chi connectivity index (χ1v) is 8.28. The lowest BCUT2D eigenvalue weighted by atomic mass is 9.96. The lowest BCUT2D eigenvalue weighted by molar-refractivity contribution is -0.384. The number of carbonyl (C=O) groups is 1. The number of hydrogen-bond acceptors (Lipinski definition) is 4. The number of benzene rings is 3. The number of hydrogen-bond donors (Lipinski definition) is 1. The van der Waals surface area contributed by atoms with Gasteiger partial charge in [0.1, 0.15) is 5.75 Å². The van der Waals surface area contributed by atoms with Crippen molar-refractivity contribution >= 4 is 11.6 Å². The van der Waals surface area contributed by atoms with E-state index in [1.54, 1.807) is 19.2 Å². The fourth-order valence-electron chi connectivity index (χ4n) is 2.96. The fraction of sp³-hybridized carbons (Fsp3) is 0.0952. The predicted molar refractivity (Wildman–Crippen MR) is 103 cm³/mol. The monoisotopic (exact) mass is 362 g/mol. The summed E-state index contributed by atoms with van der Waals surface area (Å²) >= 11 is 0. The van der Waals surface area contributed by atoms with Gasteiger partial charge in [0, 0.05) is 17.7 Å². The molecule has 6 nitrogen and oxygen atoms in total. The number of rotatable bonds is 6. The first-order valence-electron chi connectivity index (χ1n) is 8.28. The van der Waals surface area contributed by atoms with Gasteiger partial charge in [-0.05, 0) is 34.4 Å². The number of carbonyl (C=O) groups excluding carboxylic acids is 1. The van der Waals surface area contributed by atoms with E-state index in [1.807, 2.05) is 42.5 Å². The maximum Gasteiger partial charge on any atom is 0.270 e. The Morgan fingerprint density at radius 3 is 2.41 bits per heavy atom. The number of amides is 1. The van der Waals surface area contributed by atoms with E-state index in [9.17, 15) is 14.9 Å². The summed E-state index contributed by atoms with van der Waals surface area (Å²) in [4.78, 5) is 21.8. The van der Waals surface area contributed by atoms with E-state index in [4.69, 9.17) is 10.5 Å². The van der Waals surface area contributed by atoms with Gasteiger partial charge in [-0.25, -0.2) is 0 Å². The minimum Gasteiger partial charge on any atom is -0.496 e. The highest BCUT2D eigenvalue weighted by atomic mass is 16.6. The van der Waals surface area contributed by atoms with Crippen molar-refractivity contribution in [2.45, 2.75) is 6.42 Å². The maximum absolute atomic E-state index is 11.2. The van der Waals surface area contributed by atoms with Crippen LogP contribution in [0.3, 0.4) is 0 Å². The Bertz CT molecular complexity index is 1010. The molecule has 0 aliphatic rings. The van der Waals surface area contributed by atoms with Crippen molar-refractivity contribution in [3.05, 3.63) is 82.4 Å².